The molecule has 4 N–H and O–H groups in total. The summed E-state index contributed by atoms with van der Waals surface area (Å²) in [7, 11) is -3.75. The van der Waals surface area contributed by atoms with Crippen LogP contribution in [0.3, 0.4) is 0 Å². The van der Waals surface area contributed by atoms with E-state index in [1.165, 1.54) is 0 Å². The van der Waals surface area contributed by atoms with E-state index in [0.717, 1.165) is 25.9 Å². The summed E-state index contributed by atoms with van der Waals surface area (Å²) in [4.78, 5) is 0. The van der Waals surface area contributed by atoms with Crippen LogP contribution in [0.1, 0.15) is 18.4 Å². The minimum Gasteiger partial charge on any atom is -0.492 e. The minimum absolute atomic E-state index is 0. The summed E-state index contributed by atoms with van der Waals surface area (Å²) in [5.41, 5.74) is 6.68. The summed E-state index contributed by atoms with van der Waals surface area (Å²) in [5.74, 6) is 0.968. The molecule has 0 aromatic heterocycles. The van der Waals surface area contributed by atoms with Crippen LogP contribution in [0.5, 0.6) is 5.75 Å². The lowest BCUT2D eigenvalue weighted by Gasteiger charge is -2.24. The van der Waals surface area contributed by atoms with Crippen LogP contribution in [-0.2, 0) is 10.2 Å². The third-order valence-electron chi connectivity index (χ3n) is 3.61. The topological polar surface area (TPSA) is 106 Å². The van der Waals surface area contributed by atoms with Crippen molar-refractivity contribution < 1.29 is 13.2 Å². The molecular formula is C13H19ClN4O3S. The SMILES string of the molecule is Cl.NC1=NS(=O)(=O)Nc2cccc(OC[C@H]3CCCNC3)c21. The Kier molecular flexibility index (Phi) is 5.15. The highest BCUT2D eigenvalue weighted by Gasteiger charge is 2.24. The van der Waals surface area contributed by atoms with Crippen molar-refractivity contribution in [1.82, 2.24) is 5.32 Å². The van der Waals surface area contributed by atoms with E-state index in [-0.39, 0.29) is 18.2 Å². The predicted octanol–water partition coefficient (Wildman–Crippen LogP) is 0.862. The molecule has 1 fully saturated rings. The summed E-state index contributed by atoms with van der Waals surface area (Å²) in [5, 5.41) is 3.33. The van der Waals surface area contributed by atoms with Crippen molar-refractivity contribution in [3.05, 3.63) is 23.8 Å². The van der Waals surface area contributed by atoms with Crippen molar-refractivity contribution in [3.63, 3.8) is 0 Å². The van der Waals surface area contributed by atoms with Crippen LogP contribution in [0.4, 0.5) is 5.69 Å². The van der Waals surface area contributed by atoms with Gasteiger partial charge < -0.3 is 15.8 Å². The van der Waals surface area contributed by atoms with Gasteiger partial charge in [0.1, 0.15) is 5.75 Å². The largest absolute Gasteiger partial charge is 0.492 e. The van der Waals surface area contributed by atoms with E-state index in [2.05, 4.69) is 14.4 Å². The molecule has 0 spiro atoms. The first-order valence-electron chi connectivity index (χ1n) is 6.90. The van der Waals surface area contributed by atoms with E-state index in [0.29, 0.717) is 29.5 Å². The first kappa shape index (κ1) is 16.9. The minimum atomic E-state index is -3.75. The quantitative estimate of drug-likeness (QED) is 0.752. The van der Waals surface area contributed by atoms with Gasteiger partial charge in [0.25, 0.3) is 0 Å². The Balaban J connectivity index is 0.00000176. The molecule has 1 atom stereocenters. The number of hydrogen-bond donors (Lipinski definition) is 3. The number of rotatable bonds is 3. The summed E-state index contributed by atoms with van der Waals surface area (Å²) < 4.78 is 34.7. The second kappa shape index (κ2) is 6.72. The number of anilines is 1. The number of nitrogens with two attached hydrogens (primary N) is 1. The molecule has 1 aromatic carbocycles. The molecule has 22 heavy (non-hydrogen) atoms. The molecule has 1 saturated heterocycles. The molecule has 9 heteroatoms. The average Bonchev–Trinajstić information content (AvgIpc) is 2.44. The number of piperidine rings is 1. The lowest BCUT2D eigenvalue weighted by atomic mass is 10.0. The standard InChI is InChI=1S/C13H18N4O3S.ClH/c14-13-12-10(16-21(18,19)17-13)4-1-5-11(12)20-8-9-3-2-6-15-7-9;/h1,4-5,9,15-16H,2-3,6-8H2,(H2,14,17);1H/t9-;/m0./s1. The zero-order valence-electron chi connectivity index (χ0n) is 11.9. The first-order chi connectivity index (χ1) is 10.1. The van der Waals surface area contributed by atoms with E-state index in [9.17, 15) is 8.42 Å². The van der Waals surface area contributed by atoms with Gasteiger partial charge in [-0.1, -0.05) is 6.07 Å². The fourth-order valence-corrected chi connectivity index (χ4v) is 3.46. The van der Waals surface area contributed by atoms with Crippen LogP contribution >= 0.6 is 12.4 Å². The van der Waals surface area contributed by atoms with Crippen LogP contribution < -0.4 is 20.5 Å². The number of amidine groups is 1. The van der Waals surface area contributed by atoms with E-state index >= 15 is 0 Å². The van der Waals surface area contributed by atoms with E-state index in [4.69, 9.17) is 10.5 Å². The van der Waals surface area contributed by atoms with E-state index in [1.54, 1.807) is 18.2 Å². The third kappa shape index (κ3) is 3.63. The highest BCUT2D eigenvalue weighted by molar-refractivity contribution is 7.91. The molecule has 0 bridgehead atoms. The highest BCUT2D eigenvalue weighted by Crippen LogP contribution is 2.30. The molecule has 122 valence electrons. The Morgan fingerprint density at radius 1 is 1.41 bits per heavy atom. The van der Waals surface area contributed by atoms with Crippen molar-refractivity contribution in [2.24, 2.45) is 16.0 Å². The Labute approximate surface area is 135 Å². The lowest BCUT2D eigenvalue weighted by molar-refractivity contribution is 0.218. The van der Waals surface area contributed by atoms with E-state index in [1.807, 2.05) is 0 Å². The summed E-state index contributed by atoms with van der Waals surface area (Å²) >= 11 is 0. The lowest BCUT2D eigenvalue weighted by Crippen LogP contribution is -2.33. The van der Waals surface area contributed by atoms with E-state index < -0.39 is 10.2 Å². The maximum atomic E-state index is 11.5. The Bertz CT molecular complexity index is 672. The molecule has 1 aromatic rings. The van der Waals surface area contributed by atoms with Crippen molar-refractivity contribution in [2.75, 3.05) is 24.4 Å². The second-order valence-corrected chi connectivity index (χ2v) is 6.59. The molecule has 2 aliphatic rings. The zero-order valence-corrected chi connectivity index (χ0v) is 13.5. The Morgan fingerprint density at radius 3 is 2.95 bits per heavy atom. The van der Waals surface area contributed by atoms with Crippen molar-refractivity contribution in [3.8, 4) is 5.75 Å². The van der Waals surface area contributed by atoms with Gasteiger partial charge in [0.2, 0.25) is 0 Å². The maximum absolute atomic E-state index is 11.5. The number of hydrogen-bond acceptors (Lipinski definition) is 5. The van der Waals surface area contributed by atoms with Gasteiger partial charge in [-0.25, -0.2) is 0 Å². The molecule has 0 amide bonds. The zero-order chi connectivity index (χ0) is 14.9. The average molecular weight is 347 g/mol. The summed E-state index contributed by atoms with van der Waals surface area (Å²) in [6.45, 7) is 2.56. The molecular weight excluding hydrogens is 328 g/mol. The fraction of sp³-hybridized carbons (Fsp3) is 0.462. The molecule has 0 aliphatic carbocycles. The number of ether oxygens (including phenoxy) is 1. The maximum Gasteiger partial charge on any atom is 0.344 e. The van der Waals surface area contributed by atoms with Gasteiger partial charge in [-0.3, -0.25) is 4.72 Å². The van der Waals surface area contributed by atoms with Gasteiger partial charge >= 0.3 is 10.2 Å². The highest BCUT2D eigenvalue weighted by atomic mass is 35.5. The molecule has 2 heterocycles. The Morgan fingerprint density at radius 2 is 2.23 bits per heavy atom. The third-order valence-corrected chi connectivity index (χ3v) is 4.53. The number of nitrogens with one attached hydrogen (secondary N) is 2. The van der Waals surface area contributed by atoms with Crippen LogP contribution in [0, 0.1) is 5.92 Å². The molecule has 2 aliphatic heterocycles. The number of halogens is 1. The smallest absolute Gasteiger partial charge is 0.344 e. The molecule has 3 rings (SSSR count). The number of nitrogens with zero attached hydrogens (tertiary/aromatic N) is 1. The van der Waals surface area contributed by atoms with Crippen molar-refractivity contribution in [2.45, 2.75) is 12.8 Å². The van der Waals surface area contributed by atoms with Crippen LogP contribution in [-0.4, -0.2) is 33.9 Å². The monoisotopic (exact) mass is 346 g/mol. The molecule has 0 saturated carbocycles. The second-order valence-electron chi connectivity index (χ2n) is 5.26. The summed E-state index contributed by atoms with van der Waals surface area (Å²) in [6, 6.07) is 5.15. The van der Waals surface area contributed by atoms with Gasteiger partial charge in [-0.2, -0.15) is 8.42 Å². The number of fused-ring (bicyclic) bond motifs is 1. The fourth-order valence-electron chi connectivity index (χ4n) is 2.61. The normalized spacial score (nSPS) is 22.5. The van der Waals surface area contributed by atoms with Crippen molar-refractivity contribution in [1.29, 1.82) is 0 Å². The molecule has 0 unspecified atom stereocenters. The van der Waals surface area contributed by atoms with Crippen molar-refractivity contribution >= 4 is 34.1 Å². The van der Waals surface area contributed by atoms with Gasteiger partial charge in [0.15, 0.2) is 5.84 Å². The van der Waals surface area contributed by atoms with Gasteiger partial charge in [0.05, 0.1) is 17.9 Å². The van der Waals surface area contributed by atoms with Gasteiger partial charge in [-0.15, -0.1) is 16.8 Å². The molecule has 0 radical (unpaired) electrons. The first-order valence-corrected chi connectivity index (χ1v) is 8.34. The summed E-state index contributed by atoms with van der Waals surface area (Å²) in [6.07, 6.45) is 2.27. The molecule has 7 nitrogen and oxygen atoms in total. The Hall–Kier alpha value is -1.51. The van der Waals surface area contributed by atoms with Gasteiger partial charge in [-0.05, 0) is 31.5 Å². The van der Waals surface area contributed by atoms with Crippen LogP contribution in [0.25, 0.3) is 0 Å². The van der Waals surface area contributed by atoms with Crippen LogP contribution in [0.2, 0.25) is 0 Å². The predicted molar refractivity (Wildman–Crippen MR) is 88.0 cm³/mol. The van der Waals surface area contributed by atoms with Crippen LogP contribution in [0.15, 0.2) is 22.6 Å². The van der Waals surface area contributed by atoms with Gasteiger partial charge in [0, 0.05) is 12.5 Å². The number of benzene rings is 1.